The van der Waals surface area contributed by atoms with Crippen molar-refractivity contribution >= 4 is 5.82 Å². The normalized spacial score (nSPS) is 10.6. The van der Waals surface area contributed by atoms with Crippen LogP contribution in [0.15, 0.2) is 12.4 Å². The summed E-state index contributed by atoms with van der Waals surface area (Å²) in [4.78, 5) is 10.1. The van der Waals surface area contributed by atoms with E-state index >= 15 is 0 Å². The summed E-state index contributed by atoms with van der Waals surface area (Å²) in [5.41, 5.74) is 1.54. The molecule has 0 saturated carbocycles. The molecule has 0 aliphatic carbocycles. The minimum absolute atomic E-state index is 0.117. The maximum absolute atomic E-state index is 9.93. The lowest BCUT2D eigenvalue weighted by molar-refractivity contribution is 0.428. The van der Waals surface area contributed by atoms with E-state index in [1.165, 1.54) is 11.0 Å². The van der Waals surface area contributed by atoms with E-state index in [1.807, 2.05) is 32.8 Å². The lowest BCUT2D eigenvalue weighted by Crippen LogP contribution is -2.12. The van der Waals surface area contributed by atoms with E-state index in [0.29, 0.717) is 5.82 Å². The van der Waals surface area contributed by atoms with Crippen LogP contribution in [0, 0.1) is 13.8 Å². The first-order valence-electron chi connectivity index (χ1n) is 5.25. The molecule has 0 aliphatic heterocycles. The first-order chi connectivity index (χ1) is 8.00. The Labute approximate surface area is 99.5 Å². The van der Waals surface area contributed by atoms with Gasteiger partial charge >= 0.3 is 0 Å². The summed E-state index contributed by atoms with van der Waals surface area (Å²) in [6, 6.07) is 1.77. The average molecular weight is 233 g/mol. The van der Waals surface area contributed by atoms with Gasteiger partial charge in [-0.2, -0.15) is 9.78 Å². The summed E-state index contributed by atoms with van der Waals surface area (Å²) in [7, 11) is 3.79. The zero-order valence-electron chi connectivity index (χ0n) is 10.3. The molecule has 17 heavy (non-hydrogen) atoms. The highest BCUT2D eigenvalue weighted by molar-refractivity contribution is 5.44. The zero-order chi connectivity index (χ0) is 12.6. The van der Waals surface area contributed by atoms with E-state index in [4.69, 9.17) is 0 Å². The van der Waals surface area contributed by atoms with Gasteiger partial charge in [-0.15, -0.1) is 0 Å². The van der Waals surface area contributed by atoms with Gasteiger partial charge in [0.1, 0.15) is 12.1 Å². The van der Waals surface area contributed by atoms with Gasteiger partial charge in [-0.25, -0.2) is 9.97 Å². The number of anilines is 1. The Bertz CT molecular complexity index is 547. The minimum atomic E-state index is 0.117. The summed E-state index contributed by atoms with van der Waals surface area (Å²) in [5, 5.41) is 14.2. The fourth-order valence-corrected chi connectivity index (χ4v) is 1.45. The predicted molar refractivity (Wildman–Crippen MR) is 64.6 cm³/mol. The molecule has 0 atom stereocenters. The van der Waals surface area contributed by atoms with Gasteiger partial charge in [0.2, 0.25) is 5.88 Å². The van der Waals surface area contributed by atoms with Gasteiger partial charge in [0, 0.05) is 25.7 Å². The molecule has 0 bridgehead atoms. The van der Waals surface area contributed by atoms with Gasteiger partial charge < -0.3 is 10.0 Å². The number of nitrogens with zero attached hydrogens (tertiary/aromatic N) is 5. The number of hydrogen-bond acceptors (Lipinski definition) is 5. The lowest BCUT2D eigenvalue weighted by Gasteiger charge is -2.11. The Hall–Kier alpha value is -2.11. The van der Waals surface area contributed by atoms with Crippen molar-refractivity contribution in [1.82, 2.24) is 19.7 Å². The Kier molecular flexibility index (Phi) is 2.71. The molecule has 6 heteroatoms. The smallest absolute Gasteiger partial charge is 0.218 e. The maximum Gasteiger partial charge on any atom is 0.218 e. The third-order valence-corrected chi connectivity index (χ3v) is 2.64. The number of aromatic hydroxyl groups is 1. The van der Waals surface area contributed by atoms with E-state index in [0.717, 1.165) is 17.1 Å². The van der Waals surface area contributed by atoms with Crippen LogP contribution < -0.4 is 4.90 Å². The minimum Gasteiger partial charge on any atom is -0.493 e. The highest BCUT2D eigenvalue weighted by atomic mass is 16.3. The van der Waals surface area contributed by atoms with Crippen LogP contribution in [0.4, 0.5) is 5.82 Å². The number of hydrogen-bond donors (Lipinski definition) is 1. The highest BCUT2D eigenvalue weighted by Gasteiger charge is 2.13. The molecule has 90 valence electrons. The molecule has 2 rings (SSSR count). The van der Waals surface area contributed by atoms with Crippen molar-refractivity contribution in [2.75, 3.05) is 19.0 Å². The number of aromatic nitrogens is 4. The second-order valence-corrected chi connectivity index (χ2v) is 4.07. The second-order valence-electron chi connectivity index (χ2n) is 4.07. The summed E-state index contributed by atoms with van der Waals surface area (Å²) >= 11 is 0. The van der Waals surface area contributed by atoms with Gasteiger partial charge in [0.15, 0.2) is 5.82 Å². The van der Waals surface area contributed by atoms with Gasteiger partial charge in [-0.3, -0.25) is 0 Å². The molecule has 0 saturated heterocycles. The van der Waals surface area contributed by atoms with Crippen LogP contribution >= 0.6 is 0 Å². The van der Waals surface area contributed by atoms with Crippen molar-refractivity contribution in [3.8, 4) is 11.7 Å². The molecule has 0 unspecified atom stereocenters. The lowest BCUT2D eigenvalue weighted by atomic mass is 10.3. The molecule has 0 radical (unpaired) electrons. The van der Waals surface area contributed by atoms with Crippen LogP contribution in [0.25, 0.3) is 5.82 Å². The third kappa shape index (κ3) is 1.93. The summed E-state index contributed by atoms with van der Waals surface area (Å²) < 4.78 is 1.42. The van der Waals surface area contributed by atoms with Crippen molar-refractivity contribution < 1.29 is 5.11 Å². The van der Waals surface area contributed by atoms with Gasteiger partial charge in [-0.1, -0.05) is 0 Å². The van der Waals surface area contributed by atoms with Gasteiger partial charge in [0.25, 0.3) is 0 Å². The SMILES string of the molecule is Cc1nn(-c2cc(N(C)C)ncn2)c(O)c1C. The van der Waals surface area contributed by atoms with Crippen LogP contribution in [0.2, 0.25) is 0 Å². The maximum atomic E-state index is 9.93. The van der Waals surface area contributed by atoms with Crippen molar-refractivity contribution in [3.05, 3.63) is 23.7 Å². The molecular formula is C11H15N5O. The van der Waals surface area contributed by atoms with Crippen LogP contribution in [-0.4, -0.2) is 39.0 Å². The average Bonchev–Trinajstić information content (AvgIpc) is 2.57. The molecule has 0 spiro atoms. The van der Waals surface area contributed by atoms with Crippen molar-refractivity contribution in [1.29, 1.82) is 0 Å². The molecule has 0 fully saturated rings. The fraction of sp³-hybridized carbons (Fsp3) is 0.364. The highest BCUT2D eigenvalue weighted by Crippen LogP contribution is 2.23. The molecular weight excluding hydrogens is 218 g/mol. The van der Waals surface area contributed by atoms with E-state index in [9.17, 15) is 5.11 Å². The Morgan fingerprint density at radius 2 is 1.94 bits per heavy atom. The van der Waals surface area contributed by atoms with E-state index in [-0.39, 0.29) is 5.88 Å². The van der Waals surface area contributed by atoms with E-state index in [1.54, 1.807) is 6.07 Å². The zero-order valence-corrected chi connectivity index (χ0v) is 10.3. The number of rotatable bonds is 2. The van der Waals surface area contributed by atoms with Gasteiger partial charge in [0.05, 0.1) is 5.69 Å². The van der Waals surface area contributed by atoms with Crippen LogP contribution in [0.5, 0.6) is 5.88 Å². The van der Waals surface area contributed by atoms with Crippen LogP contribution in [0.1, 0.15) is 11.3 Å². The topological polar surface area (TPSA) is 67.1 Å². The van der Waals surface area contributed by atoms with E-state index < -0.39 is 0 Å². The molecule has 1 N–H and O–H groups in total. The molecule has 2 aromatic heterocycles. The predicted octanol–water partition coefficient (Wildman–Crippen LogP) is 1.05. The Morgan fingerprint density at radius 3 is 2.47 bits per heavy atom. The van der Waals surface area contributed by atoms with Crippen LogP contribution in [0.3, 0.4) is 0 Å². The summed E-state index contributed by atoms with van der Waals surface area (Å²) in [6.07, 6.45) is 1.45. The standard InChI is InChI=1S/C11H15N5O/c1-7-8(2)14-16(11(7)17)10-5-9(15(3)4)12-6-13-10/h5-6,17H,1-4H3. The third-order valence-electron chi connectivity index (χ3n) is 2.64. The van der Waals surface area contributed by atoms with Crippen LogP contribution in [-0.2, 0) is 0 Å². The van der Waals surface area contributed by atoms with E-state index in [2.05, 4.69) is 15.1 Å². The number of aryl methyl sites for hydroxylation is 1. The Balaban J connectivity index is 2.53. The second kappa shape index (κ2) is 4.04. The molecule has 2 aromatic rings. The van der Waals surface area contributed by atoms with Gasteiger partial charge in [-0.05, 0) is 13.8 Å². The summed E-state index contributed by atoms with van der Waals surface area (Å²) in [6.45, 7) is 3.67. The molecule has 0 amide bonds. The Morgan fingerprint density at radius 1 is 1.24 bits per heavy atom. The fourth-order valence-electron chi connectivity index (χ4n) is 1.45. The monoisotopic (exact) mass is 233 g/mol. The van der Waals surface area contributed by atoms with Crippen molar-refractivity contribution in [2.45, 2.75) is 13.8 Å². The largest absolute Gasteiger partial charge is 0.493 e. The molecule has 6 nitrogen and oxygen atoms in total. The quantitative estimate of drug-likeness (QED) is 0.839. The van der Waals surface area contributed by atoms with Crippen molar-refractivity contribution in [2.24, 2.45) is 0 Å². The molecule has 2 heterocycles. The summed E-state index contributed by atoms with van der Waals surface area (Å²) in [5.74, 6) is 1.43. The van der Waals surface area contributed by atoms with Crippen molar-refractivity contribution in [3.63, 3.8) is 0 Å². The molecule has 0 aliphatic rings. The first-order valence-corrected chi connectivity index (χ1v) is 5.25. The first kappa shape index (κ1) is 11.4. The molecule has 0 aromatic carbocycles.